The average Bonchev–Trinajstić information content (AvgIpc) is 2.59. The second-order valence-corrected chi connectivity index (χ2v) is 4.21. The van der Waals surface area contributed by atoms with E-state index in [2.05, 4.69) is 10.4 Å². The third-order valence-electron chi connectivity index (χ3n) is 2.91. The Morgan fingerprint density at radius 2 is 1.88 bits per heavy atom. The lowest BCUT2D eigenvalue weighted by molar-refractivity contribution is 0.801. The van der Waals surface area contributed by atoms with Gasteiger partial charge in [-0.3, -0.25) is 14.6 Å². The van der Waals surface area contributed by atoms with Gasteiger partial charge in [-0.2, -0.15) is 0 Å². The van der Waals surface area contributed by atoms with Crippen molar-refractivity contribution in [1.82, 2.24) is 15.1 Å². The van der Waals surface area contributed by atoms with Crippen molar-refractivity contribution in [3.8, 4) is 5.69 Å². The van der Waals surface area contributed by atoms with Crippen molar-refractivity contribution in [2.24, 2.45) is 0 Å². The van der Waals surface area contributed by atoms with Crippen molar-refractivity contribution in [2.45, 2.75) is 20.4 Å². The fourth-order valence-electron chi connectivity index (χ4n) is 1.89. The highest BCUT2D eigenvalue weighted by Crippen LogP contribution is 2.12. The average molecular weight is 231 g/mol. The van der Waals surface area contributed by atoms with E-state index in [1.807, 2.05) is 49.8 Å². The Morgan fingerprint density at radius 3 is 2.47 bits per heavy atom. The summed E-state index contributed by atoms with van der Waals surface area (Å²) in [5.74, 6) is 0. The van der Waals surface area contributed by atoms with Gasteiger partial charge < -0.3 is 5.32 Å². The first kappa shape index (κ1) is 11.7. The third kappa shape index (κ3) is 2.17. The standard InChI is InChI=1S/C13H17N3O/c1-9-4-6-11(7-5-9)16-10(2)12(8-14-3)13(17)15-16/h4-7,14H,8H2,1-3H3,(H,15,17). The van der Waals surface area contributed by atoms with Crippen LogP contribution in [0.3, 0.4) is 0 Å². The van der Waals surface area contributed by atoms with Crippen LogP contribution in [-0.2, 0) is 6.54 Å². The highest BCUT2D eigenvalue weighted by molar-refractivity contribution is 5.36. The highest BCUT2D eigenvalue weighted by Gasteiger charge is 2.10. The van der Waals surface area contributed by atoms with Crippen molar-refractivity contribution >= 4 is 0 Å². The number of rotatable bonds is 3. The molecule has 0 radical (unpaired) electrons. The van der Waals surface area contributed by atoms with Crippen LogP contribution in [0.25, 0.3) is 5.69 Å². The van der Waals surface area contributed by atoms with Gasteiger partial charge in [0.25, 0.3) is 5.56 Å². The molecule has 2 rings (SSSR count). The first-order valence-corrected chi connectivity index (χ1v) is 5.65. The monoisotopic (exact) mass is 231 g/mol. The topological polar surface area (TPSA) is 49.8 Å². The minimum atomic E-state index is -0.0302. The summed E-state index contributed by atoms with van der Waals surface area (Å²) in [6.07, 6.45) is 0. The molecule has 2 aromatic rings. The summed E-state index contributed by atoms with van der Waals surface area (Å²) in [6.45, 7) is 4.58. The molecule has 0 saturated carbocycles. The Labute approximate surface area is 100 Å². The van der Waals surface area contributed by atoms with Gasteiger partial charge in [-0.05, 0) is 33.0 Å². The normalized spacial score (nSPS) is 10.8. The summed E-state index contributed by atoms with van der Waals surface area (Å²) < 4.78 is 1.83. The Balaban J connectivity index is 2.50. The number of nitrogens with zero attached hydrogens (tertiary/aromatic N) is 1. The van der Waals surface area contributed by atoms with Gasteiger partial charge in [0.05, 0.1) is 11.3 Å². The molecular weight excluding hydrogens is 214 g/mol. The molecule has 17 heavy (non-hydrogen) atoms. The summed E-state index contributed by atoms with van der Waals surface area (Å²) in [5.41, 5.74) is 3.89. The molecule has 1 heterocycles. The Hall–Kier alpha value is -1.81. The predicted octanol–water partition coefficient (Wildman–Crippen LogP) is 1.50. The number of aromatic amines is 1. The van der Waals surface area contributed by atoms with E-state index < -0.39 is 0 Å². The zero-order valence-electron chi connectivity index (χ0n) is 10.4. The van der Waals surface area contributed by atoms with E-state index in [0.717, 1.165) is 16.9 Å². The van der Waals surface area contributed by atoms with Crippen LogP contribution in [0.15, 0.2) is 29.1 Å². The summed E-state index contributed by atoms with van der Waals surface area (Å²) >= 11 is 0. The van der Waals surface area contributed by atoms with E-state index in [9.17, 15) is 4.79 Å². The van der Waals surface area contributed by atoms with Crippen LogP contribution in [0.5, 0.6) is 0 Å². The lowest BCUT2D eigenvalue weighted by Gasteiger charge is -2.06. The minimum Gasteiger partial charge on any atom is -0.315 e. The maximum atomic E-state index is 11.8. The zero-order chi connectivity index (χ0) is 12.4. The van der Waals surface area contributed by atoms with Gasteiger partial charge in [0.1, 0.15) is 0 Å². The van der Waals surface area contributed by atoms with Crippen LogP contribution in [0.2, 0.25) is 0 Å². The summed E-state index contributed by atoms with van der Waals surface area (Å²) in [5, 5.41) is 5.86. The molecule has 0 amide bonds. The van der Waals surface area contributed by atoms with E-state index in [4.69, 9.17) is 0 Å². The van der Waals surface area contributed by atoms with Crippen LogP contribution in [0, 0.1) is 13.8 Å². The molecule has 1 aromatic heterocycles. The van der Waals surface area contributed by atoms with Crippen LogP contribution in [0.1, 0.15) is 16.8 Å². The molecule has 0 spiro atoms. The second kappa shape index (κ2) is 4.59. The van der Waals surface area contributed by atoms with Crippen molar-refractivity contribution in [3.05, 3.63) is 51.4 Å². The quantitative estimate of drug-likeness (QED) is 0.841. The van der Waals surface area contributed by atoms with Gasteiger partial charge in [0.2, 0.25) is 0 Å². The summed E-state index contributed by atoms with van der Waals surface area (Å²) in [4.78, 5) is 11.8. The molecule has 0 saturated heterocycles. The van der Waals surface area contributed by atoms with E-state index in [-0.39, 0.29) is 5.56 Å². The molecule has 0 fully saturated rings. The van der Waals surface area contributed by atoms with Crippen molar-refractivity contribution in [3.63, 3.8) is 0 Å². The van der Waals surface area contributed by atoms with Gasteiger partial charge in [-0.1, -0.05) is 17.7 Å². The molecule has 90 valence electrons. The van der Waals surface area contributed by atoms with E-state index in [1.54, 1.807) is 0 Å². The van der Waals surface area contributed by atoms with Crippen molar-refractivity contribution in [2.75, 3.05) is 7.05 Å². The predicted molar refractivity (Wildman–Crippen MR) is 68.6 cm³/mol. The molecule has 0 bridgehead atoms. The van der Waals surface area contributed by atoms with Crippen LogP contribution >= 0.6 is 0 Å². The Bertz CT molecular complexity index is 563. The molecule has 0 unspecified atom stereocenters. The summed E-state index contributed by atoms with van der Waals surface area (Å²) in [7, 11) is 1.84. The lowest BCUT2D eigenvalue weighted by atomic mass is 10.2. The molecule has 0 aliphatic rings. The fourth-order valence-corrected chi connectivity index (χ4v) is 1.89. The van der Waals surface area contributed by atoms with E-state index in [0.29, 0.717) is 6.54 Å². The van der Waals surface area contributed by atoms with Gasteiger partial charge in [0.15, 0.2) is 0 Å². The Kier molecular flexibility index (Phi) is 3.15. The van der Waals surface area contributed by atoms with Crippen molar-refractivity contribution < 1.29 is 0 Å². The molecule has 0 atom stereocenters. The molecule has 0 aliphatic heterocycles. The molecule has 2 N–H and O–H groups in total. The van der Waals surface area contributed by atoms with Gasteiger partial charge >= 0.3 is 0 Å². The third-order valence-corrected chi connectivity index (χ3v) is 2.91. The summed E-state index contributed by atoms with van der Waals surface area (Å²) in [6, 6.07) is 8.07. The van der Waals surface area contributed by atoms with Gasteiger partial charge in [-0.25, -0.2) is 0 Å². The van der Waals surface area contributed by atoms with Crippen LogP contribution in [-0.4, -0.2) is 16.8 Å². The first-order chi connectivity index (χ1) is 8.13. The van der Waals surface area contributed by atoms with E-state index in [1.165, 1.54) is 5.56 Å². The largest absolute Gasteiger partial charge is 0.315 e. The number of aryl methyl sites for hydroxylation is 1. The molecular formula is C13H17N3O. The molecule has 4 heteroatoms. The number of hydrogen-bond acceptors (Lipinski definition) is 2. The molecule has 1 aromatic carbocycles. The number of nitrogens with one attached hydrogen (secondary N) is 2. The smallest absolute Gasteiger partial charge is 0.269 e. The van der Waals surface area contributed by atoms with Gasteiger partial charge in [-0.15, -0.1) is 0 Å². The first-order valence-electron chi connectivity index (χ1n) is 5.65. The minimum absolute atomic E-state index is 0.0302. The molecule has 0 aliphatic carbocycles. The van der Waals surface area contributed by atoms with Crippen LogP contribution in [0.4, 0.5) is 0 Å². The number of hydrogen-bond donors (Lipinski definition) is 2. The Morgan fingerprint density at radius 1 is 1.24 bits per heavy atom. The number of H-pyrrole nitrogens is 1. The lowest BCUT2D eigenvalue weighted by Crippen LogP contribution is -2.14. The number of benzene rings is 1. The van der Waals surface area contributed by atoms with Crippen LogP contribution < -0.4 is 10.9 Å². The fraction of sp³-hybridized carbons (Fsp3) is 0.308. The van der Waals surface area contributed by atoms with Gasteiger partial charge in [0, 0.05) is 12.2 Å². The van der Waals surface area contributed by atoms with E-state index >= 15 is 0 Å². The maximum Gasteiger partial charge on any atom is 0.269 e. The second-order valence-electron chi connectivity index (χ2n) is 4.21. The highest BCUT2D eigenvalue weighted by atomic mass is 16.1. The maximum absolute atomic E-state index is 11.8. The molecule has 4 nitrogen and oxygen atoms in total. The van der Waals surface area contributed by atoms with Crippen molar-refractivity contribution in [1.29, 1.82) is 0 Å². The SMILES string of the molecule is CNCc1c(C)n(-c2ccc(C)cc2)[nH]c1=O. The zero-order valence-corrected chi connectivity index (χ0v) is 10.4. The number of aromatic nitrogens is 2.